The summed E-state index contributed by atoms with van der Waals surface area (Å²) in [4.78, 5) is 11.9. The standard InChI is InChI=1S/C19H22F2N2O3S/c1-27(25,26)23(11-9-16-6-2-3-8-18(16)21)12-10-22-19(24)14-15-5-4-7-17(20)13-15/h2-8,13H,9-12,14H2,1H3,(H,22,24). The molecule has 0 aromatic heterocycles. The summed E-state index contributed by atoms with van der Waals surface area (Å²) in [7, 11) is -3.50. The molecule has 0 heterocycles. The van der Waals surface area contributed by atoms with Crippen LogP contribution in [0.25, 0.3) is 0 Å². The number of nitrogens with one attached hydrogen (secondary N) is 1. The molecular formula is C19H22F2N2O3S. The molecule has 0 aliphatic carbocycles. The van der Waals surface area contributed by atoms with Gasteiger partial charge in [-0.1, -0.05) is 30.3 Å². The third kappa shape index (κ3) is 7.07. The first-order valence-corrected chi connectivity index (χ1v) is 10.3. The Labute approximate surface area is 158 Å². The zero-order chi connectivity index (χ0) is 19.9. The van der Waals surface area contributed by atoms with Crippen LogP contribution in [0.4, 0.5) is 8.78 Å². The van der Waals surface area contributed by atoms with Crippen molar-refractivity contribution in [3.8, 4) is 0 Å². The Morgan fingerprint density at radius 3 is 2.48 bits per heavy atom. The summed E-state index contributed by atoms with van der Waals surface area (Å²) in [5.41, 5.74) is 0.966. The Morgan fingerprint density at radius 2 is 1.81 bits per heavy atom. The molecule has 0 spiro atoms. The molecule has 0 unspecified atom stereocenters. The fourth-order valence-electron chi connectivity index (χ4n) is 2.60. The Hall–Kier alpha value is -2.32. The Bertz CT molecular complexity index is 888. The molecule has 0 bridgehead atoms. The molecule has 0 saturated heterocycles. The highest BCUT2D eigenvalue weighted by atomic mass is 32.2. The molecule has 8 heteroatoms. The molecule has 5 nitrogen and oxygen atoms in total. The Morgan fingerprint density at radius 1 is 1.07 bits per heavy atom. The molecule has 0 radical (unpaired) electrons. The van der Waals surface area contributed by atoms with Gasteiger partial charge in [0.2, 0.25) is 15.9 Å². The SMILES string of the molecule is CS(=O)(=O)N(CCNC(=O)Cc1cccc(F)c1)CCc1ccccc1F. The van der Waals surface area contributed by atoms with Crippen LogP contribution in [0.15, 0.2) is 48.5 Å². The Kier molecular flexibility index (Phi) is 7.44. The molecule has 1 amide bonds. The predicted octanol–water partition coefficient (Wildman–Crippen LogP) is 2.13. The zero-order valence-corrected chi connectivity index (χ0v) is 15.8. The maximum atomic E-state index is 13.7. The van der Waals surface area contributed by atoms with Crippen LogP contribution < -0.4 is 5.32 Å². The normalized spacial score (nSPS) is 11.6. The molecule has 2 aromatic rings. The number of sulfonamides is 1. The quantitative estimate of drug-likeness (QED) is 0.706. The third-order valence-electron chi connectivity index (χ3n) is 3.99. The van der Waals surface area contributed by atoms with Crippen LogP contribution in [-0.4, -0.2) is 44.5 Å². The smallest absolute Gasteiger partial charge is 0.224 e. The molecule has 0 aliphatic heterocycles. The van der Waals surface area contributed by atoms with E-state index in [1.54, 1.807) is 24.3 Å². The van der Waals surface area contributed by atoms with Crippen molar-refractivity contribution in [2.75, 3.05) is 25.9 Å². The number of rotatable bonds is 9. The minimum Gasteiger partial charge on any atom is -0.354 e. The predicted molar refractivity (Wildman–Crippen MR) is 99.6 cm³/mol. The highest BCUT2D eigenvalue weighted by molar-refractivity contribution is 7.88. The van der Waals surface area contributed by atoms with E-state index in [2.05, 4.69) is 5.32 Å². The van der Waals surface area contributed by atoms with Gasteiger partial charge < -0.3 is 5.32 Å². The summed E-state index contributed by atoms with van der Waals surface area (Å²) in [6.07, 6.45) is 1.31. The van der Waals surface area contributed by atoms with E-state index in [-0.39, 0.29) is 44.2 Å². The number of hydrogen-bond donors (Lipinski definition) is 1. The van der Waals surface area contributed by atoms with Gasteiger partial charge >= 0.3 is 0 Å². The van der Waals surface area contributed by atoms with E-state index in [0.717, 1.165) is 6.26 Å². The molecule has 2 rings (SSSR count). The van der Waals surface area contributed by atoms with Crippen LogP contribution >= 0.6 is 0 Å². The second-order valence-corrected chi connectivity index (χ2v) is 8.14. The average molecular weight is 396 g/mol. The van der Waals surface area contributed by atoms with Crippen molar-refractivity contribution >= 4 is 15.9 Å². The number of nitrogens with zero attached hydrogens (tertiary/aromatic N) is 1. The number of benzene rings is 2. The van der Waals surface area contributed by atoms with E-state index in [0.29, 0.717) is 11.1 Å². The topological polar surface area (TPSA) is 66.5 Å². The summed E-state index contributed by atoms with van der Waals surface area (Å²) in [5.74, 6) is -1.13. The fourth-order valence-corrected chi connectivity index (χ4v) is 3.45. The molecular weight excluding hydrogens is 374 g/mol. The summed E-state index contributed by atoms with van der Waals surface area (Å²) in [6, 6.07) is 11.9. The molecule has 0 aliphatic rings. The van der Waals surface area contributed by atoms with E-state index < -0.39 is 15.8 Å². The highest BCUT2D eigenvalue weighted by Gasteiger charge is 2.17. The summed E-state index contributed by atoms with van der Waals surface area (Å²) in [6.45, 7) is 0.292. The van der Waals surface area contributed by atoms with Crippen molar-refractivity contribution in [3.63, 3.8) is 0 Å². The van der Waals surface area contributed by atoms with E-state index in [1.165, 1.54) is 28.6 Å². The molecule has 27 heavy (non-hydrogen) atoms. The molecule has 1 N–H and O–H groups in total. The lowest BCUT2D eigenvalue weighted by Crippen LogP contribution is -2.39. The van der Waals surface area contributed by atoms with Gasteiger partial charge in [0.1, 0.15) is 11.6 Å². The van der Waals surface area contributed by atoms with Gasteiger partial charge in [0, 0.05) is 19.6 Å². The van der Waals surface area contributed by atoms with Crippen molar-refractivity contribution in [1.29, 1.82) is 0 Å². The van der Waals surface area contributed by atoms with Crippen molar-refractivity contribution in [2.45, 2.75) is 12.8 Å². The van der Waals surface area contributed by atoms with Crippen LogP contribution in [0.5, 0.6) is 0 Å². The van der Waals surface area contributed by atoms with Crippen molar-refractivity contribution in [1.82, 2.24) is 9.62 Å². The van der Waals surface area contributed by atoms with Gasteiger partial charge in [-0.05, 0) is 35.7 Å². The van der Waals surface area contributed by atoms with Gasteiger partial charge in [0.25, 0.3) is 0 Å². The van der Waals surface area contributed by atoms with Gasteiger partial charge in [-0.3, -0.25) is 4.79 Å². The van der Waals surface area contributed by atoms with E-state index in [1.807, 2.05) is 0 Å². The molecule has 146 valence electrons. The number of carbonyl (C=O) groups excluding carboxylic acids is 1. The van der Waals surface area contributed by atoms with Crippen LogP contribution in [0.2, 0.25) is 0 Å². The van der Waals surface area contributed by atoms with Gasteiger partial charge in [-0.2, -0.15) is 0 Å². The number of amides is 1. The second kappa shape index (κ2) is 9.57. The minimum atomic E-state index is -3.50. The maximum Gasteiger partial charge on any atom is 0.224 e. The van der Waals surface area contributed by atoms with Crippen molar-refractivity contribution < 1.29 is 22.0 Å². The van der Waals surface area contributed by atoms with Gasteiger partial charge in [0.05, 0.1) is 12.7 Å². The van der Waals surface area contributed by atoms with Crippen LogP contribution in [0, 0.1) is 11.6 Å². The first-order chi connectivity index (χ1) is 12.8. The van der Waals surface area contributed by atoms with E-state index in [9.17, 15) is 22.0 Å². The van der Waals surface area contributed by atoms with Crippen LogP contribution in [0.3, 0.4) is 0 Å². The lowest BCUT2D eigenvalue weighted by Gasteiger charge is -2.20. The number of carbonyl (C=O) groups is 1. The zero-order valence-electron chi connectivity index (χ0n) is 15.0. The Balaban J connectivity index is 1.85. The highest BCUT2D eigenvalue weighted by Crippen LogP contribution is 2.09. The van der Waals surface area contributed by atoms with Crippen molar-refractivity contribution in [2.24, 2.45) is 0 Å². The molecule has 0 saturated carbocycles. The van der Waals surface area contributed by atoms with Crippen LogP contribution in [0.1, 0.15) is 11.1 Å². The number of hydrogen-bond acceptors (Lipinski definition) is 3. The number of halogens is 2. The fraction of sp³-hybridized carbons (Fsp3) is 0.316. The van der Waals surface area contributed by atoms with E-state index >= 15 is 0 Å². The first kappa shape index (κ1) is 21.0. The van der Waals surface area contributed by atoms with Gasteiger partial charge in [-0.25, -0.2) is 21.5 Å². The molecule has 0 atom stereocenters. The monoisotopic (exact) mass is 396 g/mol. The lowest BCUT2D eigenvalue weighted by atomic mass is 10.1. The van der Waals surface area contributed by atoms with Gasteiger partial charge in [-0.15, -0.1) is 0 Å². The summed E-state index contributed by atoms with van der Waals surface area (Å²) >= 11 is 0. The van der Waals surface area contributed by atoms with Crippen LogP contribution in [-0.2, 0) is 27.7 Å². The first-order valence-electron chi connectivity index (χ1n) is 8.45. The minimum absolute atomic E-state index is 0.00582. The average Bonchev–Trinajstić information content (AvgIpc) is 2.58. The van der Waals surface area contributed by atoms with Crippen molar-refractivity contribution in [3.05, 3.63) is 71.3 Å². The third-order valence-corrected chi connectivity index (χ3v) is 5.30. The second-order valence-electron chi connectivity index (χ2n) is 6.16. The summed E-state index contributed by atoms with van der Waals surface area (Å²) in [5, 5.41) is 2.62. The maximum absolute atomic E-state index is 13.7. The largest absolute Gasteiger partial charge is 0.354 e. The van der Waals surface area contributed by atoms with E-state index in [4.69, 9.17) is 0 Å². The molecule has 2 aromatic carbocycles. The van der Waals surface area contributed by atoms with Gasteiger partial charge in [0.15, 0.2) is 0 Å². The summed E-state index contributed by atoms with van der Waals surface area (Å²) < 4.78 is 51.8. The molecule has 0 fully saturated rings. The lowest BCUT2D eigenvalue weighted by molar-refractivity contribution is -0.120.